The van der Waals surface area contributed by atoms with E-state index in [1.807, 2.05) is 121 Å². The summed E-state index contributed by atoms with van der Waals surface area (Å²) in [5.74, 6) is 7.68. The van der Waals surface area contributed by atoms with Crippen molar-refractivity contribution in [3.8, 4) is 90.9 Å². The second kappa shape index (κ2) is 39.2. The van der Waals surface area contributed by atoms with Crippen LogP contribution in [0.5, 0.6) is 57.5 Å². The quantitative estimate of drug-likeness (QED) is 0.0410. The van der Waals surface area contributed by atoms with Gasteiger partial charge in [-0.1, -0.05) is 72.8 Å². The van der Waals surface area contributed by atoms with E-state index in [4.69, 9.17) is 47.4 Å². The average molecular weight is 1810 g/mol. The molecule has 0 spiro atoms. The second-order valence-electron chi connectivity index (χ2n) is 33.3. The summed E-state index contributed by atoms with van der Waals surface area (Å²) >= 11 is 0. The molecule has 16 nitrogen and oxygen atoms in total. The summed E-state index contributed by atoms with van der Waals surface area (Å²) in [7, 11) is 16.9. The molecule has 18 aromatic rings. The zero-order chi connectivity index (χ0) is 94.3. The van der Waals surface area contributed by atoms with Crippen molar-refractivity contribution in [1.29, 1.82) is 0 Å². The number of benzene rings is 18. The van der Waals surface area contributed by atoms with Gasteiger partial charge >= 0.3 is 0 Å². The standard InChI is InChI=1S/C122H100N6O10/c1-129-103-51-27-89(28-52-103)123(85-19-11-81(12-20-85)75-117-119-77-99(125(91-31-55-105(131-3)56-32-91)92-33-57-106(132-4)58-34-92)47-71-113(119)114-72-48-100(78-120(114)117)126(93-35-59-107(133-5)60-36-93)94-37-61-108(134-6)62-38-94)87-23-15-83(16-24-87)84-17-25-88(26-18-84)124(90-29-53-104(130-2)54-30-90)86-21-13-82(14-22-86)76-118-121-79-101(127(95-39-63-109(135-7)64-40-95)96-41-65-110(136-8)66-42-96)49-73-115(121)116-74-50-102(80-122(116)118)128(97-43-67-111(137-9)68-44-97)98-45-69-112(138-10)70-46-98/h11-80H,1-10H3. The Hall–Kier alpha value is -17.8. The second-order valence-corrected chi connectivity index (χ2v) is 33.3. The maximum atomic E-state index is 5.75. The van der Waals surface area contributed by atoms with Gasteiger partial charge in [-0.15, -0.1) is 0 Å². The largest absolute Gasteiger partial charge is 0.497 e. The molecular formula is C122H100N6O10. The lowest BCUT2D eigenvalue weighted by Crippen LogP contribution is -2.10. The first kappa shape index (κ1) is 88.2. The monoisotopic (exact) mass is 1810 g/mol. The fraction of sp³-hybridized carbons (Fsp3) is 0.0820. The summed E-state index contributed by atoms with van der Waals surface area (Å²) in [6.45, 7) is 0. The van der Waals surface area contributed by atoms with Crippen LogP contribution >= 0.6 is 0 Å². The van der Waals surface area contributed by atoms with E-state index in [2.05, 4.69) is 333 Å². The van der Waals surface area contributed by atoms with Crippen LogP contribution in [0.25, 0.3) is 56.7 Å². The molecule has 16 heteroatoms. The van der Waals surface area contributed by atoms with Crippen molar-refractivity contribution < 1.29 is 47.4 Å². The van der Waals surface area contributed by atoms with Crippen molar-refractivity contribution in [2.24, 2.45) is 0 Å². The van der Waals surface area contributed by atoms with E-state index in [1.165, 1.54) is 0 Å². The van der Waals surface area contributed by atoms with Gasteiger partial charge in [0.25, 0.3) is 0 Å². The van der Waals surface area contributed by atoms with Crippen molar-refractivity contribution >= 4 is 126 Å². The molecule has 2 aliphatic rings. The zero-order valence-corrected chi connectivity index (χ0v) is 78.2. The van der Waals surface area contributed by atoms with Crippen molar-refractivity contribution in [3.05, 3.63) is 446 Å². The van der Waals surface area contributed by atoms with Crippen molar-refractivity contribution in [1.82, 2.24) is 0 Å². The summed E-state index contributed by atoms with van der Waals surface area (Å²) in [5, 5.41) is 0. The highest BCUT2D eigenvalue weighted by Gasteiger charge is 2.32. The minimum atomic E-state index is 0.763. The summed E-state index contributed by atoms with van der Waals surface area (Å²) in [4.78, 5) is 13.7. The highest BCUT2D eigenvalue weighted by atomic mass is 16.5. The third-order valence-corrected chi connectivity index (χ3v) is 25.6. The van der Waals surface area contributed by atoms with E-state index >= 15 is 0 Å². The first-order valence-electron chi connectivity index (χ1n) is 45.5. The minimum absolute atomic E-state index is 0.763. The molecule has 0 amide bonds. The van der Waals surface area contributed by atoms with E-state index < -0.39 is 0 Å². The van der Waals surface area contributed by atoms with E-state index in [1.54, 1.807) is 71.1 Å². The molecule has 678 valence electrons. The first-order valence-corrected chi connectivity index (χ1v) is 45.5. The molecule has 20 rings (SSSR count). The molecule has 0 aliphatic heterocycles. The Balaban J connectivity index is 0.639. The van der Waals surface area contributed by atoms with Gasteiger partial charge in [-0.3, -0.25) is 0 Å². The predicted octanol–water partition coefficient (Wildman–Crippen LogP) is 31.4. The van der Waals surface area contributed by atoms with E-state index in [0.29, 0.717) is 0 Å². The van der Waals surface area contributed by atoms with Crippen LogP contribution in [-0.2, 0) is 0 Å². The number of anilines is 18. The fourth-order valence-electron chi connectivity index (χ4n) is 18.5. The Bertz CT molecular complexity index is 6480. The van der Waals surface area contributed by atoms with Gasteiger partial charge in [0.05, 0.1) is 71.1 Å². The lowest BCUT2D eigenvalue weighted by molar-refractivity contribution is 0.414. The number of rotatable bonds is 31. The minimum Gasteiger partial charge on any atom is -0.497 e. The van der Waals surface area contributed by atoms with Crippen LogP contribution in [0.2, 0.25) is 0 Å². The van der Waals surface area contributed by atoms with Crippen molar-refractivity contribution in [3.63, 3.8) is 0 Å². The van der Waals surface area contributed by atoms with Gasteiger partial charge < -0.3 is 76.8 Å². The topological polar surface area (TPSA) is 112 Å². The summed E-state index contributed by atoms with van der Waals surface area (Å²) < 4.78 is 56.9. The molecule has 2 aliphatic carbocycles. The summed E-state index contributed by atoms with van der Waals surface area (Å²) in [6, 6.07) is 145. The zero-order valence-electron chi connectivity index (χ0n) is 78.2. The molecule has 0 heterocycles. The van der Waals surface area contributed by atoms with Crippen LogP contribution < -0.4 is 76.8 Å². The predicted molar refractivity (Wildman–Crippen MR) is 563 cm³/mol. The van der Waals surface area contributed by atoms with Crippen molar-refractivity contribution in [2.75, 3.05) is 100 Å². The fourth-order valence-corrected chi connectivity index (χ4v) is 18.5. The number of nitrogens with zero attached hydrogens (tertiary/aromatic N) is 6. The molecule has 0 bridgehead atoms. The number of hydrogen-bond donors (Lipinski definition) is 0. The molecule has 0 radical (unpaired) electrons. The van der Waals surface area contributed by atoms with Gasteiger partial charge in [-0.25, -0.2) is 0 Å². The Morgan fingerprint density at radius 2 is 0.254 bits per heavy atom. The maximum Gasteiger partial charge on any atom is 0.119 e. The maximum absolute atomic E-state index is 5.75. The normalized spacial score (nSPS) is 11.4. The van der Waals surface area contributed by atoms with Crippen LogP contribution in [-0.4, -0.2) is 71.1 Å². The molecule has 138 heavy (non-hydrogen) atoms. The molecule has 0 saturated carbocycles. The van der Waals surface area contributed by atoms with E-state index in [0.717, 1.165) is 238 Å². The highest BCUT2D eigenvalue weighted by molar-refractivity contribution is 6.11. The molecular weight excluding hydrogens is 1710 g/mol. The third kappa shape index (κ3) is 17.8. The van der Waals surface area contributed by atoms with Gasteiger partial charge in [-0.05, 0) is 430 Å². The van der Waals surface area contributed by atoms with Crippen molar-refractivity contribution in [2.45, 2.75) is 0 Å². The number of ether oxygens (including phenoxy) is 10. The van der Waals surface area contributed by atoms with Crippen LogP contribution in [0, 0.1) is 0 Å². The molecule has 0 fully saturated rings. The third-order valence-electron chi connectivity index (χ3n) is 25.6. The van der Waals surface area contributed by atoms with Crippen LogP contribution in [0.1, 0.15) is 33.4 Å². The first-order chi connectivity index (χ1) is 67.8. The van der Waals surface area contributed by atoms with Gasteiger partial charge in [0, 0.05) is 102 Å². The van der Waals surface area contributed by atoms with Crippen LogP contribution in [0.3, 0.4) is 0 Å². The summed E-state index contributed by atoms with van der Waals surface area (Å²) in [6.07, 6.45) is 4.66. The van der Waals surface area contributed by atoms with Crippen LogP contribution in [0.4, 0.5) is 102 Å². The van der Waals surface area contributed by atoms with Crippen LogP contribution in [0.15, 0.2) is 413 Å². The molecule has 18 aromatic carbocycles. The Morgan fingerprint density at radius 3 is 0.399 bits per heavy atom. The van der Waals surface area contributed by atoms with Gasteiger partial charge in [0.2, 0.25) is 0 Å². The van der Waals surface area contributed by atoms with E-state index in [-0.39, 0.29) is 0 Å². The number of fused-ring (bicyclic) bond motifs is 6. The molecule has 0 aromatic heterocycles. The van der Waals surface area contributed by atoms with Gasteiger partial charge in [-0.2, -0.15) is 0 Å². The molecule has 0 saturated heterocycles. The Labute approximate surface area is 805 Å². The number of hydrogen-bond acceptors (Lipinski definition) is 16. The number of methoxy groups -OCH3 is 10. The van der Waals surface area contributed by atoms with E-state index in [9.17, 15) is 0 Å². The SMILES string of the molecule is COc1ccc(N(c2ccc(C=C3c4cc(N(c5ccc(OC)cc5)c5ccc(OC)cc5)ccc4-c4ccc(N(c5ccc(OC)cc5)c5ccc(OC)cc5)cc43)cc2)c2ccc(-c3ccc(N(c4ccc(C=C5c6cc(N(c7ccc(OC)cc7)c7ccc(OC)cc7)ccc6-c6ccc(N(c7ccc(OC)cc7)c7ccc(OC)cc7)cc65)cc4)c4ccc(OC)cc4)cc3)cc2)cc1. The lowest BCUT2D eigenvalue weighted by atomic mass is 9.99. The molecule has 0 atom stereocenters. The average Bonchev–Trinajstić information content (AvgIpc) is 1.59. The lowest BCUT2D eigenvalue weighted by Gasteiger charge is -2.27. The Morgan fingerprint density at radius 1 is 0.130 bits per heavy atom. The Kier molecular flexibility index (Phi) is 25.0. The van der Waals surface area contributed by atoms with Gasteiger partial charge in [0.15, 0.2) is 0 Å². The molecule has 0 N–H and O–H groups in total. The summed E-state index contributed by atoms with van der Waals surface area (Å²) in [5.41, 5.74) is 32.6. The highest BCUT2D eigenvalue weighted by Crippen LogP contribution is 2.55. The smallest absolute Gasteiger partial charge is 0.119 e. The molecule has 0 unspecified atom stereocenters. The van der Waals surface area contributed by atoms with Gasteiger partial charge in [0.1, 0.15) is 57.5 Å².